The number of carbonyl (C=O) groups is 2. The number of hydrogen-bond acceptors (Lipinski definition) is 3. The second-order valence-electron chi connectivity index (χ2n) is 4.09. The van der Waals surface area contributed by atoms with Gasteiger partial charge in [0.25, 0.3) is 5.91 Å². The first-order valence-corrected chi connectivity index (χ1v) is 5.88. The van der Waals surface area contributed by atoms with Crippen molar-refractivity contribution in [2.24, 2.45) is 5.73 Å². The number of benzene rings is 2. The normalized spacial score (nSPS) is 10.1. The van der Waals surface area contributed by atoms with E-state index in [0.29, 0.717) is 11.3 Å². The SMILES string of the molecule is NC(=O)COc1ccc(C(=O)c2ccccc2F)cc1. The molecule has 0 saturated carbocycles. The minimum atomic E-state index is -0.587. The maximum Gasteiger partial charge on any atom is 0.255 e. The molecule has 102 valence electrons. The quantitative estimate of drug-likeness (QED) is 0.846. The summed E-state index contributed by atoms with van der Waals surface area (Å²) in [6, 6.07) is 11.8. The fourth-order valence-corrected chi connectivity index (χ4v) is 1.66. The van der Waals surface area contributed by atoms with E-state index in [4.69, 9.17) is 10.5 Å². The van der Waals surface area contributed by atoms with Crippen molar-refractivity contribution in [3.05, 3.63) is 65.5 Å². The Morgan fingerprint density at radius 1 is 1.05 bits per heavy atom. The molecule has 0 bridgehead atoms. The number of primary amides is 1. The lowest BCUT2D eigenvalue weighted by molar-refractivity contribution is -0.119. The molecule has 0 radical (unpaired) electrons. The molecule has 0 atom stereocenters. The third-order valence-corrected chi connectivity index (χ3v) is 2.62. The molecule has 4 nitrogen and oxygen atoms in total. The Kier molecular flexibility index (Phi) is 4.10. The molecule has 2 N–H and O–H groups in total. The molecule has 2 rings (SSSR count). The van der Waals surface area contributed by atoms with E-state index in [-0.39, 0.29) is 12.2 Å². The molecule has 0 aliphatic heterocycles. The van der Waals surface area contributed by atoms with E-state index in [9.17, 15) is 14.0 Å². The molecule has 0 aliphatic carbocycles. The van der Waals surface area contributed by atoms with E-state index in [1.807, 2.05) is 0 Å². The molecule has 0 heterocycles. The zero-order valence-electron chi connectivity index (χ0n) is 10.5. The Balaban J connectivity index is 2.16. The van der Waals surface area contributed by atoms with Crippen molar-refractivity contribution in [2.45, 2.75) is 0 Å². The summed E-state index contributed by atoms with van der Waals surface area (Å²) in [6.45, 7) is -0.236. The van der Waals surface area contributed by atoms with Gasteiger partial charge in [0, 0.05) is 5.56 Å². The summed E-state index contributed by atoms with van der Waals surface area (Å²) in [4.78, 5) is 22.7. The van der Waals surface area contributed by atoms with Crippen LogP contribution in [0.4, 0.5) is 4.39 Å². The van der Waals surface area contributed by atoms with Crippen LogP contribution in [-0.4, -0.2) is 18.3 Å². The average molecular weight is 273 g/mol. The van der Waals surface area contributed by atoms with Crippen LogP contribution in [0.1, 0.15) is 15.9 Å². The average Bonchev–Trinajstić information content (AvgIpc) is 2.45. The van der Waals surface area contributed by atoms with Crippen molar-refractivity contribution in [1.29, 1.82) is 0 Å². The van der Waals surface area contributed by atoms with Crippen LogP contribution in [-0.2, 0) is 4.79 Å². The number of hydrogen-bond donors (Lipinski definition) is 1. The van der Waals surface area contributed by atoms with E-state index in [1.54, 1.807) is 6.07 Å². The maximum absolute atomic E-state index is 13.5. The Morgan fingerprint density at radius 3 is 2.30 bits per heavy atom. The molecule has 0 aromatic heterocycles. The van der Waals surface area contributed by atoms with Gasteiger partial charge in [-0.25, -0.2) is 4.39 Å². The Bertz CT molecular complexity index is 638. The molecule has 2 aromatic rings. The highest BCUT2D eigenvalue weighted by molar-refractivity contribution is 6.09. The van der Waals surface area contributed by atoms with Gasteiger partial charge < -0.3 is 10.5 Å². The number of halogens is 1. The molecule has 0 fully saturated rings. The van der Waals surface area contributed by atoms with Gasteiger partial charge in [0.15, 0.2) is 12.4 Å². The lowest BCUT2D eigenvalue weighted by atomic mass is 10.0. The Labute approximate surface area is 115 Å². The number of carbonyl (C=O) groups excluding carboxylic acids is 2. The zero-order valence-corrected chi connectivity index (χ0v) is 10.5. The Morgan fingerprint density at radius 2 is 1.70 bits per heavy atom. The molecule has 0 unspecified atom stereocenters. The van der Waals surface area contributed by atoms with Crippen LogP contribution in [0.25, 0.3) is 0 Å². The lowest BCUT2D eigenvalue weighted by Crippen LogP contribution is -2.20. The van der Waals surface area contributed by atoms with Gasteiger partial charge in [-0.05, 0) is 36.4 Å². The largest absolute Gasteiger partial charge is 0.484 e. The topological polar surface area (TPSA) is 69.4 Å². The first-order valence-electron chi connectivity index (χ1n) is 5.88. The summed E-state index contributed by atoms with van der Waals surface area (Å²) in [6.07, 6.45) is 0. The molecule has 20 heavy (non-hydrogen) atoms. The predicted molar refractivity (Wildman–Crippen MR) is 71.0 cm³/mol. The maximum atomic E-state index is 13.5. The predicted octanol–water partition coefficient (Wildman–Crippen LogP) is 1.92. The summed E-state index contributed by atoms with van der Waals surface area (Å²) < 4.78 is 18.6. The monoisotopic (exact) mass is 273 g/mol. The van der Waals surface area contributed by atoms with Crippen LogP contribution < -0.4 is 10.5 Å². The summed E-state index contributed by atoms with van der Waals surface area (Å²) in [5.74, 6) is -1.15. The highest BCUT2D eigenvalue weighted by Gasteiger charge is 2.13. The van der Waals surface area contributed by atoms with Crippen molar-refractivity contribution in [1.82, 2.24) is 0 Å². The van der Waals surface area contributed by atoms with E-state index in [1.165, 1.54) is 42.5 Å². The minimum absolute atomic E-state index is 0.0123. The van der Waals surface area contributed by atoms with Gasteiger partial charge in [-0.15, -0.1) is 0 Å². The first-order chi connectivity index (χ1) is 9.58. The molecule has 2 aromatic carbocycles. The highest BCUT2D eigenvalue weighted by atomic mass is 19.1. The molecule has 5 heteroatoms. The van der Waals surface area contributed by atoms with Crippen LogP contribution in [0.5, 0.6) is 5.75 Å². The standard InChI is InChI=1S/C15H12FNO3/c16-13-4-2-1-3-12(13)15(19)10-5-7-11(8-6-10)20-9-14(17)18/h1-8H,9H2,(H2,17,18). The summed E-state index contributed by atoms with van der Waals surface area (Å²) >= 11 is 0. The summed E-state index contributed by atoms with van der Waals surface area (Å²) in [7, 11) is 0. The third kappa shape index (κ3) is 3.20. The van der Waals surface area contributed by atoms with Gasteiger partial charge in [0.05, 0.1) is 5.56 Å². The number of ketones is 1. The number of ether oxygens (including phenoxy) is 1. The van der Waals surface area contributed by atoms with Gasteiger partial charge in [-0.3, -0.25) is 9.59 Å². The fourth-order valence-electron chi connectivity index (χ4n) is 1.66. The first kappa shape index (κ1) is 13.7. The van der Waals surface area contributed by atoms with Crippen LogP contribution in [0.3, 0.4) is 0 Å². The second-order valence-corrected chi connectivity index (χ2v) is 4.09. The van der Waals surface area contributed by atoms with E-state index in [2.05, 4.69) is 0 Å². The van der Waals surface area contributed by atoms with Crippen molar-refractivity contribution >= 4 is 11.7 Å². The second kappa shape index (κ2) is 5.97. The van der Waals surface area contributed by atoms with Gasteiger partial charge in [-0.1, -0.05) is 12.1 Å². The highest BCUT2D eigenvalue weighted by Crippen LogP contribution is 2.17. The molecular weight excluding hydrogens is 261 g/mol. The van der Waals surface area contributed by atoms with Crippen molar-refractivity contribution in [3.8, 4) is 5.75 Å². The Hall–Kier alpha value is -2.69. The van der Waals surface area contributed by atoms with Crippen LogP contribution in [0.15, 0.2) is 48.5 Å². The van der Waals surface area contributed by atoms with E-state index < -0.39 is 17.5 Å². The smallest absolute Gasteiger partial charge is 0.255 e. The number of nitrogens with two attached hydrogens (primary N) is 1. The molecule has 0 aliphatic rings. The minimum Gasteiger partial charge on any atom is -0.484 e. The van der Waals surface area contributed by atoms with Crippen molar-refractivity contribution < 1.29 is 18.7 Å². The summed E-state index contributed by atoms with van der Waals surface area (Å²) in [5, 5.41) is 0. The van der Waals surface area contributed by atoms with Gasteiger partial charge >= 0.3 is 0 Å². The van der Waals surface area contributed by atoms with Crippen LogP contribution in [0, 0.1) is 5.82 Å². The molecule has 0 spiro atoms. The van der Waals surface area contributed by atoms with Crippen LogP contribution in [0.2, 0.25) is 0 Å². The number of rotatable bonds is 5. The molecule has 0 saturated heterocycles. The fraction of sp³-hybridized carbons (Fsp3) is 0.0667. The lowest BCUT2D eigenvalue weighted by Gasteiger charge is -2.05. The zero-order chi connectivity index (χ0) is 14.5. The van der Waals surface area contributed by atoms with Crippen molar-refractivity contribution in [3.63, 3.8) is 0 Å². The van der Waals surface area contributed by atoms with Gasteiger partial charge in [-0.2, -0.15) is 0 Å². The van der Waals surface area contributed by atoms with E-state index in [0.717, 1.165) is 0 Å². The summed E-state index contributed by atoms with van der Waals surface area (Å²) in [5.41, 5.74) is 5.30. The third-order valence-electron chi connectivity index (χ3n) is 2.62. The number of amides is 1. The van der Waals surface area contributed by atoms with Gasteiger partial charge in [0.2, 0.25) is 0 Å². The molecule has 1 amide bonds. The van der Waals surface area contributed by atoms with Crippen molar-refractivity contribution in [2.75, 3.05) is 6.61 Å². The molecular formula is C15H12FNO3. The van der Waals surface area contributed by atoms with Gasteiger partial charge in [0.1, 0.15) is 11.6 Å². The van der Waals surface area contributed by atoms with Crippen LogP contribution >= 0.6 is 0 Å². The van der Waals surface area contributed by atoms with E-state index >= 15 is 0 Å².